The fraction of sp³-hybridized carbons (Fsp3) is 1.00. The van der Waals surface area contributed by atoms with Gasteiger partial charge >= 0.3 is 0 Å². The molecule has 0 radical (unpaired) electrons. The van der Waals surface area contributed by atoms with E-state index in [1.807, 2.05) is 0 Å². The minimum atomic E-state index is -3.02. The highest BCUT2D eigenvalue weighted by Gasteiger charge is 2.28. The maximum absolute atomic E-state index is 11.4. The molecule has 0 aliphatic carbocycles. The van der Waals surface area contributed by atoms with Crippen LogP contribution in [0.5, 0.6) is 0 Å². The van der Waals surface area contributed by atoms with Crippen molar-refractivity contribution in [3.8, 4) is 0 Å². The van der Waals surface area contributed by atoms with E-state index >= 15 is 0 Å². The van der Waals surface area contributed by atoms with Gasteiger partial charge in [-0.3, -0.25) is 0 Å². The largest absolute Gasteiger partial charge is 0.330 e. The van der Waals surface area contributed by atoms with Crippen LogP contribution in [-0.2, 0) is 10.0 Å². The van der Waals surface area contributed by atoms with E-state index in [0.29, 0.717) is 13.1 Å². The molecular formula is C8H18N2O2S. The lowest BCUT2D eigenvalue weighted by Gasteiger charge is -2.33. The fourth-order valence-electron chi connectivity index (χ4n) is 1.89. The maximum atomic E-state index is 11.4. The van der Waals surface area contributed by atoms with E-state index in [9.17, 15) is 8.42 Å². The first-order valence-corrected chi connectivity index (χ1v) is 6.57. The molecule has 1 aliphatic heterocycles. The van der Waals surface area contributed by atoms with Crippen LogP contribution in [-0.4, -0.2) is 38.1 Å². The highest BCUT2D eigenvalue weighted by molar-refractivity contribution is 7.88. The van der Waals surface area contributed by atoms with E-state index in [-0.39, 0.29) is 6.04 Å². The molecule has 1 fully saturated rings. The van der Waals surface area contributed by atoms with E-state index in [1.54, 1.807) is 4.31 Å². The zero-order chi connectivity index (χ0) is 9.90. The summed E-state index contributed by atoms with van der Waals surface area (Å²) >= 11 is 0. The first-order valence-electron chi connectivity index (χ1n) is 4.72. The molecule has 5 heteroatoms. The molecule has 2 N–H and O–H groups in total. The van der Waals surface area contributed by atoms with Crippen molar-refractivity contribution < 1.29 is 8.42 Å². The molecular weight excluding hydrogens is 188 g/mol. The summed E-state index contributed by atoms with van der Waals surface area (Å²) in [6, 6.07) is 0.147. The molecule has 0 amide bonds. The van der Waals surface area contributed by atoms with E-state index in [2.05, 4.69) is 0 Å². The monoisotopic (exact) mass is 206 g/mol. The normalized spacial score (nSPS) is 26.2. The summed E-state index contributed by atoms with van der Waals surface area (Å²) < 4.78 is 24.3. The maximum Gasteiger partial charge on any atom is 0.211 e. The van der Waals surface area contributed by atoms with Crippen molar-refractivity contribution in [2.24, 2.45) is 5.73 Å². The first kappa shape index (κ1) is 10.9. The fourth-order valence-corrected chi connectivity index (χ4v) is 3.10. The minimum absolute atomic E-state index is 0.147. The van der Waals surface area contributed by atoms with E-state index in [0.717, 1.165) is 25.7 Å². The molecule has 78 valence electrons. The van der Waals surface area contributed by atoms with Crippen LogP contribution in [0, 0.1) is 0 Å². The number of hydrogen-bond acceptors (Lipinski definition) is 3. The standard InChI is InChI=1S/C8H18N2O2S/c1-13(11,12)10-7-3-2-4-8(10)5-6-9/h8H,2-7,9H2,1H3/t8-/m0/s1. The van der Waals surface area contributed by atoms with Crippen molar-refractivity contribution in [2.45, 2.75) is 31.7 Å². The molecule has 4 nitrogen and oxygen atoms in total. The second kappa shape index (κ2) is 4.39. The van der Waals surface area contributed by atoms with Crippen LogP contribution in [0.25, 0.3) is 0 Å². The van der Waals surface area contributed by atoms with Crippen molar-refractivity contribution in [3.05, 3.63) is 0 Å². The smallest absolute Gasteiger partial charge is 0.211 e. The minimum Gasteiger partial charge on any atom is -0.330 e. The molecule has 13 heavy (non-hydrogen) atoms. The Morgan fingerprint density at radius 2 is 2.15 bits per heavy atom. The van der Waals surface area contributed by atoms with Crippen LogP contribution in [0.2, 0.25) is 0 Å². The average molecular weight is 206 g/mol. The van der Waals surface area contributed by atoms with Gasteiger partial charge in [0.15, 0.2) is 0 Å². The van der Waals surface area contributed by atoms with E-state index < -0.39 is 10.0 Å². The molecule has 0 spiro atoms. The zero-order valence-electron chi connectivity index (χ0n) is 8.07. The van der Waals surface area contributed by atoms with Crippen LogP contribution in [0.3, 0.4) is 0 Å². The van der Waals surface area contributed by atoms with Gasteiger partial charge in [-0.15, -0.1) is 0 Å². The van der Waals surface area contributed by atoms with E-state index in [4.69, 9.17) is 5.73 Å². The van der Waals surface area contributed by atoms with Crippen molar-refractivity contribution in [2.75, 3.05) is 19.3 Å². The third-order valence-electron chi connectivity index (χ3n) is 2.50. The van der Waals surface area contributed by atoms with Gasteiger partial charge in [0.25, 0.3) is 0 Å². The van der Waals surface area contributed by atoms with Gasteiger partial charge in [-0.25, -0.2) is 8.42 Å². The zero-order valence-corrected chi connectivity index (χ0v) is 8.89. The van der Waals surface area contributed by atoms with Crippen molar-refractivity contribution in [1.82, 2.24) is 4.31 Å². The first-order chi connectivity index (χ1) is 6.05. The van der Waals surface area contributed by atoms with Gasteiger partial charge in [-0.1, -0.05) is 6.42 Å². The molecule has 1 atom stereocenters. The lowest BCUT2D eigenvalue weighted by Crippen LogP contribution is -2.43. The highest BCUT2D eigenvalue weighted by Crippen LogP contribution is 2.21. The number of sulfonamides is 1. The summed E-state index contributed by atoms with van der Waals surface area (Å²) in [5.41, 5.74) is 5.44. The van der Waals surface area contributed by atoms with Crippen LogP contribution < -0.4 is 5.73 Å². The summed E-state index contributed by atoms with van der Waals surface area (Å²) in [4.78, 5) is 0. The summed E-state index contributed by atoms with van der Waals surface area (Å²) in [6.45, 7) is 1.24. The lowest BCUT2D eigenvalue weighted by molar-refractivity contribution is 0.245. The quantitative estimate of drug-likeness (QED) is 0.715. The third-order valence-corrected chi connectivity index (χ3v) is 3.83. The molecule has 1 rings (SSSR count). The van der Waals surface area contributed by atoms with Crippen LogP contribution >= 0.6 is 0 Å². The molecule has 0 unspecified atom stereocenters. The molecule has 0 aromatic carbocycles. The molecule has 0 saturated carbocycles. The average Bonchev–Trinajstić information content (AvgIpc) is 2.04. The molecule has 1 saturated heterocycles. The second-order valence-corrected chi connectivity index (χ2v) is 5.54. The van der Waals surface area contributed by atoms with Gasteiger partial charge in [-0.05, 0) is 25.8 Å². The van der Waals surface area contributed by atoms with Gasteiger partial charge in [0, 0.05) is 12.6 Å². The van der Waals surface area contributed by atoms with Gasteiger partial charge in [0.2, 0.25) is 10.0 Å². The van der Waals surface area contributed by atoms with Gasteiger partial charge in [-0.2, -0.15) is 4.31 Å². The number of hydrogen-bond donors (Lipinski definition) is 1. The number of piperidine rings is 1. The summed E-state index contributed by atoms with van der Waals surface area (Å²) in [5, 5.41) is 0. The molecule has 1 aliphatic rings. The molecule has 1 heterocycles. The Morgan fingerprint density at radius 3 is 2.69 bits per heavy atom. The Balaban J connectivity index is 2.67. The Bertz CT molecular complexity index is 249. The van der Waals surface area contributed by atoms with Crippen molar-refractivity contribution in [3.63, 3.8) is 0 Å². The summed E-state index contributed by atoms with van der Waals surface area (Å²) in [6.07, 6.45) is 5.13. The lowest BCUT2D eigenvalue weighted by atomic mass is 10.0. The Hall–Kier alpha value is -0.130. The van der Waals surface area contributed by atoms with Crippen LogP contribution in [0.4, 0.5) is 0 Å². The number of nitrogens with zero attached hydrogens (tertiary/aromatic N) is 1. The predicted molar refractivity (Wildman–Crippen MR) is 52.9 cm³/mol. The van der Waals surface area contributed by atoms with Gasteiger partial charge < -0.3 is 5.73 Å². The van der Waals surface area contributed by atoms with Crippen molar-refractivity contribution in [1.29, 1.82) is 0 Å². The SMILES string of the molecule is CS(=O)(=O)N1CCCC[C@H]1CCN. The topological polar surface area (TPSA) is 63.4 Å². The van der Waals surface area contributed by atoms with Crippen LogP contribution in [0.15, 0.2) is 0 Å². The van der Waals surface area contributed by atoms with Crippen LogP contribution in [0.1, 0.15) is 25.7 Å². The number of rotatable bonds is 3. The summed E-state index contributed by atoms with van der Waals surface area (Å²) in [7, 11) is -3.02. The molecule has 0 aromatic heterocycles. The molecule has 0 aromatic rings. The Labute approximate surface area is 80.1 Å². The van der Waals surface area contributed by atoms with E-state index in [1.165, 1.54) is 6.26 Å². The highest BCUT2D eigenvalue weighted by atomic mass is 32.2. The van der Waals surface area contributed by atoms with Gasteiger partial charge in [0.05, 0.1) is 6.26 Å². The Kier molecular flexibility index (Phi) is 3.70. The van der Waals surface area contributed by atoms with Gasteiger partial charge in [0.1, 0.15) is 0 Å². The predicted octanol–water partition coefficient (Wildman–Crippen LogP) is 0.149. The Morgan fingerprint density at radius 1 is 1.46 bits per heavy atom. The third kappa shape index (κ3) is 2.93. The second-order valence-electron chi connectivity index (χ2n) is 3.60. The summed E-state index contributed by atoms with van der Waals surface area (Å²) in [5.74, 6) is 0. The van der Waals surface area contributed by atoms with Crippen molar-refractivity contribution >= 4 is 10.0 Å². The number of nitrogens with two attached hydrogens (primary N) is 1. The molecule has 0 bridgehead atoms.